The molecule has 0 aromatic carbocycles. The first-order valence-electron chi connectivity index (χ1n) is 13.1. The molecule has 1 rings (SSSR count). The fraction of sp³-hybridized carbons (Fsp3) is 1.00. The Labute approximate surface area is 186 Å². The second-order valence-corrected chi connectivity index (χ2v) is 11.1. The van der Waals surface area contributed by atoms with Gasteiger partial charge in [-0.3, -0.25) is 0 Å². The minimum absolute atomic E-state index is 0.549. The van der Waals surface area contributed by atoms with Gasteiger partial charge in [-0.25, -0.2) is 0 Å². The van der Waals surface area contributed by atoms with E-state index < -0.39 is 0 Å². The molecule has 0 bridgehead atoms. The Morgan fingerprint density at radius 2 is 1.55 bits per heavy atom. The summed E-state index contributed by atoms with van der Waals surface area (Å²) in [6.45, 7) is 23.4. The molecule has 0 spiro atoms. The van der Waals surface area contributed by atoms with E-state index in [-0.39, 0.29) is 0 Å². The van der Waals surface area contributed by atoms with Gasteiger partial charge in [0.1, 0.15) is 0 Å². The second-order valence-electron chi connectivity index (χ2n) is 11.1. The van der Waals surface area contributed by atoms with E-state index in [1.807, 2.05) is 0 Å². The molecule has 0 amide bonds. The van der Waals surface area contributed by atoms with Crippen LogP contribution >= 0.6 is 0 Å². The molecule has 1 heterocycles. The van der Waals surface area contributed by atoms with Crippen LogP contribution in [0.3, 0.4) is 0 Å². The van der Waals surface area contributed by atoms with Gasteiger partial charge in [0, 0.05) is 6.04 Å². The SMILES string of the molecule is CCCCCCC(C)(C)C.CCNCCC(C)CCCC1CCN(C(C)C)CC1. The molecule has 1 atom stereocenters. The molecule has 0 aromatic rings. The largest absolute Gasteiger partial charge is 0.317 e. The van der Waals surface area contributed by atoms with Crippen LogP contribution in [-0.4, -0.2) is 37.1 Å². The molecule has 176 valence electrons. The second kappa shape index (κ2) is 17.6. The Balaban J connectivity index is 0.000000665. The van der Waals surface area contributed by atoms with E-state index >= 15 is 0 Å². The zero-order valence-electron chi connectivity index (χ0n) is 21.8. The van der Waals surface area contributed by atoms with E-state index in [2.05, 4.69) is 65.6 Å². The van der Waals surface area contributed by atoms with Crippen LogP contribution in [0.1, 0.15) is 126 Å². The van der Waals surface area contributed by atoms with Gasteiger partial charge < -0.3 is 10.2 Å². The maximum atomic E-state index is 3.43. The molecule has 2 nitrogen and oxygen atoms in total. The highest BCUT2D eigenvalue weighted by Gasteiger charge is 2.20. The zero-order chi connectivity index (χ0) is 22.1. The maximum Gasteiger partial charge on any atom is 0.00385 e. The average Bonchev–Trinajstić information content (AvgIpc) is 2.66. The molecule has 1 saturated heterocycles. The topological polar surface area (TPSA) is 15.3 Å². The van der Waals surface area contributed by atoms with E-state index in [1.54, 1.807) is 0 Å². The van der Waals surface area contributed by atoms with Gasteiger partial charge in [0.05, 0.1) is 0 Å². The van der Waals surface area contributed by atoms with E-state index in [0.29, 0.717) is 5.41 Å². The summed E-state index contributed by atoms with van der Waals surface area (Å²) in [5.74, 6) is 1.91. The van der Waals surface area contributed by atoms with Gasteiger partial charge in [0.2, 0.25) is 0 Å². The fourth-order valence-corrected chi connectivity index (χ4v) is 4.26. The molecule has 29 heavy (non-hydrogen) atoms. The average molecular weight is 411 g/mol. The summed E-state index contributed by atoms with van der Waals surface area (Å²) in [4.78, 5) is 2.63. The molecule has 0 aromatic heterocycles. The smallest absolute Gasteiger partial charge is 0.00385 e. The number of hydrogen-bond donors (Lipinski definition) is 1. The van der Waals surface area contributed by atoms with Gasteiger partial charge in [-0.1, -0.05) is 86.5 Å². The van der Waals surface area contributed by atoms with E-state index in [4.69, 9.17) is 0 Å². The highest BCUT2D eigenvalue weighted by Crippen LogP contribution is 2.25. The minimum Gasteiger partial charge on any atom is -0.317 e. The highest BCUT2D eigenvalue weighted by atomic mass is 15.1. The quantitative estimate of drug-likeness (QED) is 0.310. The van der Waals surface area contributed by atoms with Crippen molar-refractivity contribution in [2.24, 2.45) is 17.3 Å². The van der Waals surface area contributed by atoms with Crippen LogP contribution in [0.4, 0.5) is 0 Å². The number of likely N-dealkylation sites (tertiary alicyclic amines) is 1. The summed E-state index contributed by atoms with van der Waals surface area (Å²) in [6.07, 6.45) is 15.5. The number of rotatable bonds is 13. The number of unbranched alkanes of at least 4 members (excludes halogenated alkanes) is 3. The van der Waals surface area contributed by atoms with Crippen LogP contribution in [0.5, 0.6) is 0 Å². The Kier molecular flexibility index (Phi) is 17.5. The molecule has 0 aliphatic carbocycles. The summed E-state index contributed by atoms with van der Waals surface area (Å²) in [5, 5.41) is 3.43. The minimum atomic E-state index is 0.549. The van der Waals surface area contributed by atoms with E-state index in [0.717, 1.165) is 24.4 Å². The Morgan fingerprint density at radius 1 is 0.897 bits per heavy atom. The van der Waals surface area contributed by atoms with Crippen molar-refractivity contribution in [1.29, 1.82) is 0 Å². The first-order chi connectivity index (χ1) is 13.7. The van der Waals surface area contributed by atoms with Gasteiger partial charge >= 0.3 is 0 Å². The van der Waals surface area contributed by atoms with Crippen molar-refractivity contribution in [3.63, 3.8) is 0 Å². The lowest BCUT2D eigenvalue weighted by Crippen LogP contribution is -2.38. The lowest BCUT2D eigenvalue weighted by atomic mass is 9.89. The molecule has 1 aliphatic rings. The molecule has 1 unspecified atom stereocenters. The molecule has 0 saturated carbocycles. The van der Waals surface area contributed by atoms with Crippen LogP contribution in [0.15, 0.2) is 0 Å². The Bertz CT molecular complexity index is 337. The van der Waals surface area contributed by atoms with Gasteiger partial charge in [0.25, 0.3) is 0 Å². The summed E-state index contributed by atoms with van der Waals surface area (Å²) >= 11 is 0. The predicted octanol–water partition coefficient (Wildman–Crippen LogP) is 7.92. The molecule has 0 radical (unpaired) electrons. The Hall–Kier alpha value is -0.0800. The van der Waals surface area contributed by atoms with Crippen molar-refractivity contribution in [2.45, 2.75) is 132 Å². The van der Waals surface area contributed by atoms with E-state index in [1.165, 1.54) is 90.3 Å². The van der Waals surface area contributed by atoms with Crippen molar-refractivity contribution < 1.29 is 0 Å². The number of piperidine rings is 1. The van der Waals surface area contributed by atoms with Gasteiger partial charge in [0.15, 0.2) is 0 Å². The predicted molar refractivity (Wildman–Crippen MR) is 134 cm³/mol. The summed E-state index contributed by atoms with van der Waals surface area (Å²) in [6, 6.07) is 0.743. The van der Waals surface area contributed by atoms with Crippen LogP contribution in [0, 0.1) is 17.3 Å². The number of nitrogens with one attached hydrogen (secondary N) is 1. The summed E-state index contributed by atoms with van der Waals surface area (Å²) in [5.41, 5.74) is 0.549. The highest BCUT2D eigenvalue weighted by molar-refractivity contribution is 4.74. The van der Waals surface area contributed by atoms with Crippen molar-refractivity contribution in [1.82, 2.24) is 10.2 Å². The van der Waals surface area contributed by atoms with Crippen molar-refractivity contribution in [2.75, 3.05) is 26.2 Å². The third kappa shape index (κ3) is 18.4. The Morgan fingerprint density at radius 3 is 2.07 bits per heavy atom. The summed E-state index contributed by atoms with van der Waals surface area (Å²) < 4.78 is 0. The van der Waals surface area contributed by atoms with Crippen LogP contribution in [0.25, 0.3) is 0 Å². The monoisotopic (exact) mass is 410 g/mol. The first kappa shape index (κ1) is 28.9. The normalized spacial score (nSPS) is 17.3. The maximum absolute atomic E-state index is 3.43. The summed E-state index contributed by atoms with van der Waals surface area (Å²) in [7, 11) is 0. The molecule has 1 fully saturated rings. The molecule has 2 heteroatoms. The number of nitrogens with zero attached hydrogens (tertiary/aromatic N) is 1. The molecular formula is C27H58N2. The fourth-order valence-electron chi connectivity index (χ4n) is 4.26. The third-order valence-corrected chi connectivity index (χ3v) is 6.53. The van der Waals surface area contributed by atoms with Crippen molar-refractivity contribution in [3.05, 3.63) is 0 Å². The zero-order valence-corrected chi connectivity index (χ0v) is 21.8. The van der Waals surface area contributed by atoms with Crippen molar-refractivity contribution in [3.8, 4) is 0 Å². The van der Waals surface area contributed by atoms with Gasteiger partial charge in [-0.05, 0) is 83.0 Å². The van der Waals surface area contributed by atoms with Gasteiger partial charge in [-0.15, -0.1) is 0 Å². The van der Waals surface area contributed by atoms with Crippen LogP contribution in [0.2, 0.25) is 0 Å². The lowest BCUT2D eigenvalue weighted by Gasteiger charge is -2.34. The molecule has 1 aliphatic heterocycles. The van der Waals surface area contributed by atoms with Crippen LogP contribution in [-0.2, 0) is 0 Å². The molecular weight excluding hydrogens is 352 g/mol. The lowest BCUT2D eigenvalue weighted by molar-refractivity contribution is 0.143. The first-order valence-corrected chi connectivity index (χ1v) is 13.1. The molecule has 1 N–H and O–H groups in total. The van der Waals surface area contributed by atoms with Gasteiger partial charge in [-0.2, -0.15) is 0 Å². The van der Waals surface area contributed by atoms with Crippen LogP contribution < -0.4 is 5.32 Å². The van der Waals surface area contributed by atoms with Crippen molar-refractivity contribution >= 4 is 0 Å². The van der Waals surface area contributed by atoms with E-state index in [9.17, 15) is 0 Å². The third-order valence-electron chi connectivity index (χ3n) is 6.53. The standard InChI is InChI=1S/C17H36N2.C10H22/c1-5-18-12-9-16(4)7-6-8-17-10-13-19(14-11-17)15(2)3;1-5-6-7-8-9-10(2,3)4/h15-18H,5-14H2,1-4H3;5-9H2,1-4H3. The number of hydrogen-bond acceptors (Lipinski definition) is 2.